The van der Waals surface area contributed by atoms with Crippen molar-refractivity contribution < 1.29 is 27.3 Å². The lowest BCUT2D eigenvalue weighted by molar-refractivity contribution is -0.140. The van der Waals surface area contributed by atoms with E-state index in [9.17, 15) is 22.6 Å². The van der Waals surface area contributed by atoms with Gasteiger partial charge >= 0.3 is 0 Å². The van der Waals surface area contributed by atoms with Crippen molar-refractivity contribution in [1.29, 1.82) is 0 Å². The van der Waals surface area contributed by atoms with Crippen molar-refractivity contribution in [2.45, 2.75) is 42.5 Å². The summed E-state index contributed by atoms with van der Waals surface area (Å²) in [6.07, 6.45) is 1.78. The number of rotatable bonds is 6. The predicted octanol–water partition coefficient (Wildman–Crippen LogP) is 3.29. The summed E-state index contributed by atoms with van der Waals surface area (Å²) >= 11 is 3.45. The summed E-state index contributed by atoms with van der Waals surface area (Å²) in [5.74, 6) is -0.569. The number of hydrogen-bond donors (Lipinski definition) is 2. The number of hydrogen-bond acceptors (Lipinski definition) is 6. The lowest BCUT2D eigenvalue weighted by Gasteiger charge is -2.46. The van der Waals surface area contributed by atoms with E-state index in [0.29, 0.717) is 24.2 Å². The van der Waals surface area contributed by atoms with Gasteiger partial charge in [0.05, 0.1) is 17.4 Å². The maximum atomic E-state index is 13.4. The second-order valence-electron chi connectivity index (χ2n) is 8.86. The first-order valence-electron chi connectivity index (χ1n) is 11.1. The van der Waals surface area contributed by atoms with Crippen molar-refractivity contribution in [1.82, 2.24) is 10.2 Å². The molecule has 0 radical (unpaired) electrons. The van der Waals surface area contributed by atoms with Crippen LogP contribution in [-0.4, -0.2) is 49.9 Å². The maximum absolute atomic E-state index is 13.4. The summed E-state index contributed by atoms with van der Waals surface area (Å²) in [4.78, 5) is 27.5. The van der Waals surface area contributed by atoms with Gasteiger partial charge in [0, 0.05) is 23.0 Å². The summed E-state index contributed by atoms with van der Waals surface area (Å²) in [6.45, 7) is 2.30. The van der Waals surface area contributed by atoms with Crippen molar-refractivity contribution >= 4 is 37.9 Å². The smallest absolute Gasteiger partial charge is 0.294 e. The van der Waals surface area contributed by atoms with E-state index in [1.54, 1.807) is 0 Å². The third-order valence-electron chi connectivity index (χ3n) is 6.96. The number of ether oxygens (including phenoxy) is 1. The second kappa shape index (κ2) is 9.77. The molecule has 2 aromatic carbocycles. The highest BCUT2D eigenvalue weighted by molar-refractivity contribution is 9.10. The van der Waals surface area contributed by atoms with Gasteiger partial charge in [0.1, 0.15) is 5.75 Å². The van der Waals surface area contributed by atoms with Crippen molar-refractivity contribution in [3.05, 3.63) is 58.1 Å². The molecule has 2 aliphatic heterocycles. The van der Waals surface area contributed by atoms with Gasteiger partial charge < -0.3 is 4.74 Å². The number of nitrogens with zero attached hydrogens (tertiary/aromatic N) is 1. The van der Waals surface area contributed by atoms with Crippen LogP contribution in [0.3, 0.4) is 0 Å². The summed E-state index contributed by atoms with van der Waals surface area (Å²) in [5, 5.41) is 2.47. The van der Waals surface area contributed by atoms with Gasteiger partial charge in [0.15, 0.2) is 0 Å². The molecule has 2 heterocycles. The highest BCUT2D eigenvalue weighted by atomic mass is 79.9. The van der Waals surface area contributed by atoms with Gasteiger partial charge in [-0.3, -0.25) is 24.4 Å². The fraction of sp³-hybridized carbons (Fsp3) is 0.417. The summed E-state index contributed by atoms with van der Waals surface area (Å²) in [5.41, 5.74) is 0.449. The molecule has 2 fully saturated rings. The molecule has 0 unspecified atom stereocenters. The van der Waals surface area contributed by atoms with Crippen molar-refractivity contribution in [2.24, 2.45) is 5.92 Å². The standard InChI is InChI=1S/C24H27BrN2O6S/c1-33-21-7-6-19(34(30,31)32)14-20(21)24(11-8-22(28)26-23(24)29)17-9-12-27(13-10-17)15-16-2-4-18(25)5-3-16/h2-7,14,17H,8-13,15H2,1H3,(H,26,28,29)(H,30,31,32)/t24-/m0/s1. The number of carbonyl (C=O) groups excluding carboxylic acids is 2. The predicted molar refractivity (Wildman–Crippen MR) is 129 cm³/mol. The Morgan fingerprint density at radius 3 is 2.41 bits per heavy atom. The van der Waals surface area contributed by atoms with Crippen LogP contribution in [0.4, 0.5) is 0 Å². The lowest BCUT2D eigenvalue weighted by Crippen LogP contribution is -2.57. The monoisotopic (exact) mass is 550 g/mol. The van der Waals surface area contributed by atoms with E-state index in [1.165, 1.54) is 30.9 Å². The van der Waals surface area contributed by atoms with E-state index >= 15 is 0 Å². The number of carbonyl (C=O) groups is 2. The second-order valence-corrected chi connectivity index (χ2v) is 11.2. The summed E-state index contributed by atoms with van der Waals surface area (Å²) < 4.78 is 39.9. The first kappa shape index (κ1) is 24.8. The van der Waals surface area contributed by atoms with E-state index < -0.39 is 21.4 Å². The number of nitrogens with one attached hydrogen (secondary N) is 1. The van der Waals surface area contributed by atoms with E-state index in [2.05, 4.69) is 38.3 Å². The average Bonchev–Trinajstić information content (AvgIpc) is 2.81. The summed E-state index contributed by atoms with van der Waals surface area (Å²) in [6, 6.07) is 12.2. The zero-order valence-electron chi connectivity index (χ0n) is 18.8. The van der Waals surface area contributed by atoms with Crippen molar-refractivity contribution in [3.8, 4) is 5.75 Å². The molecular formula is C24H27BrN2O6S. The molecule has 10 heteroatoms. The zero-order valence-corrected chi connectivity index (χ0v) is 21.2. The molecule has 0 aliphatic carbocycles. The molecule has 182 valence electrons. The van der Waals surface area contributed by atoms with E-state index in [0.717, 1.165) is 24.1 Å². The van der Waals surface area contributed by atoms with Crippen LogP contribution >= 0.6 is 15.9 Å². The minimum Gasteiger partial charge on any atom is -0.496 e. The topological polar surface area (TPSA) is 113 Å². The Hall–Kier alpha value is -2.27. The Labute approximate surface area is 207 Å². The molecule has 0 saturated carbocycles. The molecule has 0 bridgehead atoms. The van der Waals surface area contributed by atoms with Gasteiger partial charge in [0.2, 0.25) is 11.8 Å². The Balaban J connectivity index is 1.66. The first-order chi connectivity index (χ1) is 16.1. The number of benzene rings is 2. The average molecular weight is 551 g/mol. The van der Waals surface area contributed by atoms with Gasteiger partial charge in [-0.15, -0.1) is 0 Å². The first-order valence-corrected chi connectivity index (χ1v) is 13.3. The molecule has 2 aliphatic rings. The van der Waals surface area contributed by atoms with Crippen molar-refractivity contribution in [2.75, 3.05) is 20.2 Å². The Bertz CT molecular complexity index is 1190. The van der Waals surface area contributed by atoms with Crippen LogP contribution in [0.15, 0.2) is 51.8 Å². The molecule has 2 saturated heterocycles. The molecule has 2 aromatic rings. The largest absolute Gasteiger partial charge is 0.496 e. The highest BCUT2D eigenvalue weighted by Gasteiger charge is 2.52. The number of imide groups is 1. The SMILES string of the molecule is COc1ccc(S(=O)(=O)O)cc1[C@@]1(C2CCN(Cc3ccc(Br)cc3)CC2)CCC(=O)NC1=O. The number of amides is 2. The molecule has 4 rings (SSSR count). The van der Waals surface area contributed by atoms with Gasteiger partial charge in [-0.25, -0.2) is 0 Å². The fourth-order valence-electron chi connectivity index (χ4n) is 5.22. The number of likely N-dealkylation sites (tertiary alicyclic amines) is 1. The third kappa shape index (κ3) is 4.91. The minimum atomic E-state index is -4.49. The van der Waals surface area contributed by atoms with E-state index in [-0.39, 0.29) is 29.6 Å². The Morgan fingerprint density at radius 1 is 1.15 bits per heavy atom. The zero-order chi connectivity index (χ0) is 24.5. The molecule has 34 heavy (non-hydrogen) atoms. The molecular weight excluding hydrogens is 524 g/mol. The quantitative estimate of drug-likeness (QED) is 0.419. The lowest BCUT2D eigenvalue weighted by atomic mass is 9.62. The molecule has 0 spiro atoms. The van der Waals surface area contributed by atoms with Gasteiger partial charge in [-0.1, -0.05) is 28.1 Å². The Kier molecular flexibility index (Phi) is 7.14. The van der Waals surface area contributed by atoms with Crippen LogP contribution < -0.4 is 10.1 Å². The van der Waals surface area contributed by atoms with Crippen LogP contribution in [0, 0.1) is 5.92 Å². The molecule has 2 N–H and O–H groups in total. The molecule has 2 amide bonds. The van der Waals surface area contributed by atoms with Gasteiger partial charge in [-0.2, -0.15) is 8.42 Å². The molecule has 0 aromatic heterocycles. The minimum absolute atomic E-state index is 0.132. The van der Waals surface area contributed by atoms with E-state index in [1.807, 2.05) is 12.1 Å². The number of methoxy groups -OCH3 is 1. The fourth-order valence-corrected chi connectivity index (χ4v) is 5.99. The molecule has 1 atom stereocenters. The molecule has 8 nitrogen and oxygen atoms in total. The van der Waals surface area contributed by atoms with Crippen LogP contribution in [0.5, 0.6) is 5.75 Å². The van der Waals surface area contributed by atoms with Crippen LogP contribution in [-0.2, 0) is 31.7 Å². The van der Waals surface area contributed by atoms with Gasteiger partial charge in [-0.05, 0) is 74.2 Å². The maximum Gasteiger partial charge on any atom is 0.294 e. The van der Waals surface area contributed by atoms with Crippen molar-refractivity contribution in [3.63, 3.8) is 0 Å². The van der Waals surface area contributed by atoms with Crippen LogP contribution in [0.1, 0.15) is 36.8 Å². The third-order valence-corrected chi connectivity index (χ3v) is 8.34. The van der Waals surface area contributed by atoms with Crippen LogP contribution in [0.25, 0.3) is 0 Å². The van der Waals surface area contributed by atoms with Gasteiger partial charge in [0.25, 0.3) is 10.1 Å². The normalized spacial score (nSPS) is 22.4. The number of halogens is 1. The van der Waals surface area contributed by atoms with Crippen LogP contribution in [0.2, 0.25) is 0 Å². The highest BCUT2D eigenvalue weighted by Crippen LogP contribution is 2.48. The number of piperidine rings is 2. The Morgan fingerprint density at radius 2 is 1.82 bits per heavy atom. The summed E-state index contributed by atoms with van der Waals surface area (Å²) in [7, 11) is -3.04. The van der Waals surface area contributed by atoms with E-state index in [4.69, 9.17) is 4.74 Å².